The Kier molecular flexibility index (Phi) is 3.28. The predicted octanol–water partition coefficient (Wildman–Crippen LogP) is 1.09. The summed E-state index contributed by atoms with van der Waals surface area (Å²) in [6.45, 7) is 2.30. The quantitative estimate of drug-likeness (QED) is 0.684. The maximum atomic E-state index is 10.3. The number of hydrogen-bond acceptors (Lipinski definition) is 2. The van der Waals surface area contributed by atoms with Gasteiger partial charge in [-0.05, 0) is 18.1 Å². The third-order valence-electron chi connectivity index (χ3n) is 1.66. The average molecular weight is 180 g/mol. The molecule has 0 unspecified atom stereocenters. The van der Waals surface area contributed by atoms with Crippen LogP contribution in [0.2, 0.25) is 0 Å². The predicted molar refractivity (Wildman–Crippen MR) is 48.7 cm³/mol. The second kappa shape index (κ2) is 4.47. The number of aryl methyl sites for hydroxylation is 1. The molecule has 0 spiro atoms. The molecule has 0 radical (unpaired) electrons. The fraction of sp³-hybridized carbons (Fsp3) is 0.222. The Hall–Kier alpha value is -1.55. The summed E-state index contributed by atoms with van der Waals surface area (Å²) in [4.78, 5) is 15.1. The zero-order chi connectivity index (χ0) is 9.68. The molecule has 2 amide bonds. The van der Waals surface area contributed by atoms with Crippen molar-refractivity contribution in [2.45, 2.75) is 13.5 Å². The van der Waals surface area contributed by atoms with Crippen LogP contribution in [0.25, 0.3) is 0 Å². The lowest BCUT2D eigenvalue weighted by Gasteiger charge is -2.05. The molecule has 4 heteroatoms. The van der Waals surface area contributed by atoms with Gasteiger partial charge in [-0.2, -0.15) is 0 Å². The fourth-order valence-electron chi connectivity index (χ4n) is 0.957. The van der Waals surface area contributed by atoms with Crippen LogP contribution in [0.3, 0.4) is 0 Å². The number of rotatable bonds is 3. The lowest BCUT2D eigenvalue weighted by Crippen LogP contribution is -2.29. The van der Waals surface area contributed by atoms with Crippen LogP contribution < -0.4 is 11.2 Å². The fourth-order valence-corrected chi connectivity index (χ4v) is 0.957. The highest BCUT2D eigenvalue weighted by atomic mass is 16.7. The van der Waals surface area contributed by atoms with Gasteiger partial charge in [-0.1, -0.05) is 24.3 Å². The Morgan fingerprint density at radius 1 is 1.54 bits per heavy atom. The van der Waals surface area contributed by atoms with Crippen molar-refractivity contribution in [1.82, 2.24) is 5.48 Å². The van der Waals surface area contributed by atoms with Gasteiger partial charge in [-0.25, -0.2) is 10.3 Å². The average Bonchev–Trinajstić information content (AvgIpc) is 2.08. The maximum absolute atomic E-state index is 10.3. The molecule has 0 bridgehead atoms. The van der Waals surface area contributed by atoms with Gasteiger partial charge in [-0.15, -0.1) is 0 Å². The van der Waals surface area contributed by atoms with Crippen LogP contribution in [0.5, 0.6) is 0 Å². The Labute approximate surface area is 76.6 Å². The molecule has 0 aromatic heterocycles. The Morgan fingerprint density at radius 2 is 2.23 bits per heavy atom. The molecule has 0 heterocycles. The van der Waals surface area contributed by atoms with Crippen molar-refractivity contribution in [3.63, 3.8) is 0 Å². The zero-order valence-electron chi connectivity index (χ0n) is 7.41. The Balaban J connectivity index is 2.45. The third kappa shape index (κ3) is 3.13. The summed E-state index contributed by atoms with van der Waals surface area (Å²) in [5.74, 6) is 0. The van der Waals surface area contributed by atoms with E-state index in [1.165, 1.54) is 0 Å². The molecule has 70 valence electrons. The number of carbonyl (C=O) groups excluding carboxylic acids is 1. The van der Waals surface area contributed by atoms with Crippen LogP contribution in [0, 0.1) is 6.92 Å². The van der Waals surface area contributed by atoms with E-state index in [-0.39, 0.29) is 0 Å². The number of benzene rings is 1. The molecule has 1 rings (SSSR count). The highest BCUT2D eigenvalue weighted by molar-refractivity contribution is 5.70. The topological polar surface area (TPSA) is 64.3 Å². The van der Waals surface area contributed by atoms with Crippen molar-refractivity contribution in [2.75, 3.05) is 0 Å². The highest BCUT2D eigenvalue weighted by Crippen LogP contribution is 2.06. The van der Waals surface area contributed by atoms with Gasteiger partial charge in [0.1, 0.15) is 6.61 Å². The minimum atomic E-state index is -0.686. The molecule has 0 saturated carbocycles. The van der Waals surface area contributed by atoms with Crippen LogP contribution >= 0.6 is 0 Å². The molecule has 13 heavy (non-hydrogen) atoms. The summed E-state index contributed by atoms with van der Waals surface area (Å²) in [5, 5.41) is 0. The minimum absolute atomic E-state index is 0.329. The molecule has 0 saturated heterocycles. The molecule has 0 fully saturated rings. The molecular formula is C9H12N2O2. The van der Waals surface area contributed by atoms with Crippen LogP contribution in [0.15, 0.2) is 24.3 Å². The van der Waals surface area contributed by atoms with Gasteiger partial charge < -0.3 is 5.73 Å². The largest absolute Gasteiger partial charge is 0.350 e. The number of primary amides is 1. The number of urea groups is 1. The van der Waals surface area contributed by atoms with Crippen molar-refractivity contribution in [3.8, 4) is 0 Å². The standard InChI is InChI=1S/C9H12N2O2/c1-7-4-2-3-5-8(7)6-13-11-9(10)12/h2-5H,6H2,1H3,(H3,10,11,12). The van der Waals surface area contributed by atoms with Crippen molar-refractivity contribution < 1.29 is 9.63 Å². The van der Waals surface area contributed by atoms with Gasteiger partial charge >= 0.3 is 6.03 Å². The van der Waals surface area contributed by atoms with Gasteiger partial charge in [0.05, 0.1) is 0 Å². The number of carbonyl (C=O) groups is 1. The summed E-state index contributed by atoms with van der Waals surface area (Å²) < 4.78 is 0. The molecule has 3 N–H and O–H groups in total. The third-order valence-corrected chi connectivity index (χ3v) is 1.66. The number of hydroxylamine groups is 1. The molecule has 4 nitrogen and oxygen atoms in total. The summed E-state index contributed by atoms with van der Waals surface area (Å²) in [6, 6.07) is 7.07. The smallest absolute Gasteiger partial charge is 0.336 e. The van der Waals surface area contributed by atoms with Crippen molar-refractivity contribution in [2.24, 2.45) is 5.73 Å². The van der Waals surface area contributed by atoms with E-state index in [2.05, 4.69) is 5.48 Å². The minimum Gasteiger partial charge on any atom is -0.350 e. The van der Waals surface area contributed by atoms with Crippen LogP contribution in [0.1, 0.15) is 11.1 Å². The Morgan fingerprint density at radius 3 is 2.85 bits per heavy atom. The van der Waals surface area contributed by atoms with E-state index >= 15 is 0 Å². The summed E-state index contributed by atoms with van der Waals surface area (Å²) in [5.41, 5.74) is 9.02. The van der Waals surface area contributed by atoms with E-state index in [1.54, 1.807) is 0 Å². The summed E-state index contributed by atoms with van der Waals surface area (Å²) in [6.07, 6.45) is 0. The van der Waals surface area contributed by atoms with E-state index in [0.29, 0.717) is 6.61 Å². The van der Waals surface area contributed by atoms with Crippen LogP contribution in [-0.2, 0) is 11.4 Å². The second-order valence-corrected chi connectivity index (χ2v) is 2.68. The van der Waals surface area contributed by atoms with E-state index in [4.69, 9.17) is 10.6 Å². The van der Waals surface area contributed by atoms with Gasteiger partial charge in [0.2, 0.25) is 0 Å². The molecule has 1 aromatic carbocycles. The first-order chi connectivity index (χ1) is 6.20. The maximum Gasteiger partial charge on any atom is 0.336 e. The van der Waals surface area contributed by atoms with E-state index in [0.717, 1.165) is 11.1 Å². The number of amides is 2. The molecule has 0 aliphatic rings. The first kappa shape index (κ1) is 9.54. The summed E-state index contributed by atoms with van der Waals surface area (Å²) >= 11 is 0. The highest BCUT2D eigenvalue weighted by Gasteiger charge is 1.97. The van der Waals surface area contributed by atoms with Crippen molar-refractivity contribution >= 4 is 6.03 Å². The van der Waals surface area contributed by atoms with Gasteiger partial charge in [0.15, 0.2) is 0 Å². The van der Waals surface area contributed by atoms with Crippen molar-refractivity contribution in [3.05, 3.63) is 35.4 Å². The second-order valence-electron chi connectivity index (χ2n) is 2.68. The SMILES string of the molecule is Cc1ccccc1CONC(N)=O. The van der Waals surface area contributed by atoms with E-state index in [9.17, 15) is 4.79 Å². The first-order valence-corrected chi connectivity index (χ1v) is 3.92. The molecular weight excluding hydrogens is 168 g/mol. The molecule has 1 aromatic rings. The number of hydrogen-bond donors (Lipinski definition) is 2. The summed E-state index contributed by atoms with van der Waals surface area (Å²) in [7, 11) is 0. The van der Waals surface area contributed by atoms with E-state index < -0.39 is 6.03 Å². The van der Waals surface area contributed by atoms with Crippen molar-refractivity contribution in [1.29, 1.82) is 0 Å². The molecule has 0 atom stereocenters. The lowest BCUT2D eigenvalue weighted by molar-refractivity contribution is 0.0518. The lowest BCUT2D eigenvalue weighted by atomic mass is 10.1. The number of nitrogens with two attached hydrogens (primary N) is 1. The monoisotopic (exact) mass is 180 g/mol. The normalized spacial score (nSPS) is 9.62. The molecule has 0 aliphatic carbocycles. The first-order valence-electron chi connectivity index (χ1n) is 3.92. The van der Waals surface area contributed by atoms with E-state index in [1.807, 2.05) is 31.2 Å². The Bertz CT molecular complexity index is 299. The van der Waals surface area contributed by atoms with Gasteiger partial charge in [-0.3, -0.25) is 4.84 Å². The van der Waals surface area contributed by atoms with Gasteiger partial charge in [0.25, 0.3) is 0 Å². The van der Waals surface area contributed by atoms with Gasteiger partial charge in [0, 0.05) is 0 Å². The molecule has 0 aliphatic heterocycles. The number of nitrogens with one attached hydrogen (secondary N) is 1. The van der Waals surface area contributed by atoms with Crippen LogP contribution in [0.4, 0.5) is 4.79 Å². The zero-order valence-corrected chi connectivity index (χ0v) is 7.41. The van der Waals surface area contributed by atoms with Crippen LogP contribution in [-0.4, -0.2) is 6.03 Å².